The summed E-state index contributed by atoms with van der Waals surface area (Å²) < 4.78 is 2.26. The van der Waals surface area contributed by atoms with Crippen molar-refractivity contribution in [3.8, 4) is 0 Å². The first kappa shape index (κ1) is 14.2. The van der Waals surface area contributed by atoms with Gasteiger partial charge in [0.05, 0.1) is 20.0 Å². The Bertz CT molecular complexity index is 820. The highest BCUT2D eigenvalue weighted by atomic mass is 32.2. The van der Waals surface area contributed by atoms with Gasteiger partial charge in [-0.3, -0.25) is 14.9 Å². The Balaban J connectivity index is 2.00. The summed E-state index contributed by atoms with van der Waals surface area (Å²) in [5.41, 5.74) is 0.838. The lowest BCUT2D eigenvalue weighted by atomic mass is 10.3. The average Bonchev–Trinajstić information content (AvgIpc) is 3.02. The maximum absolute atomic E-state index is 11.4. The number of hydrogen-bond acceptors (Lipinski definition) is 7. The van der Waals surface area contributed by atoms with Crippen molar-refractivity contribution in [3.63, 3.8) is 0 Å². The van der Waals surface area contributed by atoms with E-state index in [-0.39, 0.29) is 11.5 Å². The van der Waals surface area contributed by atoms with Gasteiger partial charge in [0.25, 0.3) is 5.69 Å². The van der Waals surface area contributed by atoms with Crippen LogP contribution < -0.4 is 0 Å². The van der Waals surface area contributed by atoms with E-state index in [1.165, 1.54) is 36.1 Å². The highest BCUT2D eigenvalue weighted by Crippen LogP contribution is 2.43. The van der Waals surface area contributed by atoms with Crippen LogP contribution in [0.2, 0.25) is 0 Å². The van der Waals surface area contributed by atoms with Crippen LogP contribution in [0.5, 0.6) is 0 Å². The SMILES string of the molecule is CC(=O)c1cc([N+](=O)[O-])c(Sc2nc3ccccc3s2)s1. The fraction of sp³-hybridized carbons (Fsp3) is 0.0769. The summed E-state index contributed by atoms with van der Waals surface area (Å²) in [6.07, 6.45) is 0. The first-order valence-corrected chi connectivity index (χ1v) is 8.32. The number of ketones is 1. The molecule has 2 aromatic heterocycles. The van der Waals surface area contributed by atoms with Gasteiger partial charge in [0.15, 0.2) is 10.1 Å². The van der Waals surface area contributed by atoms with E-state index < -0.39 is 4.92 Å². The van der Waals surface area contributed by atoms with Crippen molar-refractivity contribution < 1.29 is 9.72 Å². The maximum Gasteiger partial charge on any atom is 0.294 e. The van der Waals surface area contributed by atoms with Crippen molar-refractivity contribution >= 4 is 56.1 Å². The largest absolute Gasteiger partial charge is 0.294 e. The Kier molecular flexibility index (Phi) is 3.75. The highest BCUT2D eigenvalue weighted by Gasteiger charge is 2.22. The zero-order valence-electron chi connectivity index (χ0n) is 10.7. The number of nitrogens with zero attached hydrogens (tertiary/aromatic N) is 2. The van der Waals surface area contributed by atoms with Crippen LogP contribution in [0.25, 0.3) is 10.2 Å². The normalized spacial score (nSPS) is 10.9. The number of para-hydroxylation sites is 1. The van der Waals surface area contributed by atoms with Crippen molar-refractivity contribution in [3.05, 3.63) is 45.3 Å². The van der Waals surface area contributed by atoms with E-state index in [9.17, 15) is 14.9 Å². The molecule has 5 nitrogen and oxygen atoms in total. The zero-order valence-corrected chi connectivity index (χ0v) is 13.2. The molecule has 106 valence electrons. The summed E-state index contributed by atoms with van der Waals surface area (Å²) in [6, 6.07) is 9.03. The fourth-order valence-corrected chi connectivity index (χ4v) is 5.22. The molecule has 0 N–H and O–H groups in total. The third-order valence-electron chi connectivity index (χ3n) is 2.68. The molecule has 3 aromatic rings. The number of fused-ring (bicyclic) bond motifs is 1. The van der Waals surface area contributed by atoms with Crippen LogP contribution in [0.3, 0.4) is 0 Å². The summed E-state index contributed by atoms with van der Waals surface area (Å²) in [7, 11) is 0. The van der Waals surface area contributed by atoms with Crippen LogP contribution in [-0.4, -0.2) is 15.7 Å². The first-order chi connectivity index (χ1) is 10.0. The van der Waals surface area contributed by atoms with Crippen molar-refractivity contribution in [2.24, 2.45) is 0 Å². The second-order valence-corrected chi connectivity index (χ2v) is 7.74. The first-order valence-electron chi connectivity index (χ1n) is 5.87. The van der Waals surface area contributed by atoms with Gasteiger partial charge in [-0.05, 0) is 30.8 Å². The Morgan fingerprint density at radius 1 is 1.33 bits per heavy atom. The minimum Gasteiger partial charge on any atom is -0.294 e. The molecule has 0 aliphatic carbocycles. The quantitative estimate of drug-likeness (QED) is 0.395. The maximum atomic E-state index is 11.4. The minimum absolute atomic E-state index is 0.0329. The summed E-state index contributed by atoms with van der Waals surface area (Å²) in [5.74, 6) is -0.167. The number of carbonyl (C=O) groups is 1. The molecular weight excluding hydrogens is 328 g/mol. The second-order valence-electron chi connectivity index (χ2n) is 4.15. The summed E-state index contributed by atoms with van der Waals surface area (Å²) in [4.78, 5) is 26.9. The number of thiazole rings is 1. The molecule has 0 aliphatic heterocycles. The number of rotatable bonds is 4. The number of hydrogen-bond donors (Lipinski definition) is 0. The highest BCUT2D eigenvalue weighted by molar-refractivity contribution is 8.03. The van der Waals surface area contributed by atoms with Crippen LogP contribution in [0.1, 0.15) is 16.6 Å². The van der Waals surface area contributed by atoms with Gasteiger partial charge < -0.3 is 0 Å². The Hall–Kier alpha value is -1.77. The molecule has 0 bridgehead atoms. The standard InChI is InChI=1S/C13H8N2O3S3/c1-7(16)11-6-9(15(17)18)12(19-11)21-13-14-8-4-2-3-5-10(8)20-13/h2-6H,1H3. The predicted molar refractivity (Wildman–Crippen MR) is 84.7 cm³/mol. The number of nitro groups is 1. The van der Waals surface area contributed by atoms with E-state index in [0.29, 0.717) is 9.09 Å². The molecule has 0 amide bonds. The van der Waals surface area contributed by atoms with Gasteiger partial charge in [-0.15, -0.1) is 22.7 Å². The third kappa shape index (κ3) is 2.82. The van der Waals surface area contributed by atoms with E-state index in [1.807, 2.05) is 24.3 Å². The summed E-state index contributed by atoms with van der Waals surface area (Å²) >= 11 is 3.86. The van der Waals surface area contributed by atoms with E-state index in [2.05, 4.69) is 4.98 Å². The van der Waals surface area contributed by atoms with Crippen molar-refractivity contribution in [1.29, 1.82) is 0 Å². The molecule has 3 rings (SSSR count). The Morgan fingerprint density at radius 2 is 2.10 bits per heavy atom. The molecule has 0 fully saturated rings. The monoisotopic (exact) mass is 336 g/mol. The van der Waals surface area contributed by atoms with Crippen LogP contribution >= 0.6 is 34.4 Å². The van der Waals surface area contributed by atoms with Crippen molar-refractivity contribution in [2.75, 3.05) is 0 Å². The van der Waals surface area contributed by atoms with E-state index in [0.717, 1.165) is 25.9 Å². The molecule has 0 spiro atoms. The van der Waals surface area contributed by atoms with Gasteiger partial charge in [0, 0.05) is 6.07 Å². The van der Waals surface area contributed by atoms with Crippen LogP contribution in [-0.2, 0) is 0 Å². The number of aromatic nitrogens is 1. The van der Waals surface area contributed by atoms with Gasteiger partial charge in [-0.25, -0.2) is 4.98 Å². The smallest absolute Gasteiger partial charge is 0.294 e. The van der Waals surface area contributed by atoms with E-state index in [4.69, 9.17) is 0 Å². The van der Waals surface area contributed by atoms with Crippen LogP contribution in [0, 0.1) is 10.1 Å². The lowest BCUT2D eigenvalue weighted by Crippen LogP contribution is -1.87. The molecule has 0 saturated heterocycles. The Labute approximate surface area is 131 Å². The number of thiophene rings is 1. The summed E-state index contributed by atoms with van der Waals surface area (Å²) in [6.45, 7) is 1.40. The zero-order chi connectivity index (χ0) is 15.0. The molecule has 21 heavy (non-hydrogen) atoms. The lowest BCUT2D eigenvalue weighted by molar-refractivity contribution is -0.387. The van der Waals surface area contributed by atoms with E-state index >= 15 is 0 Å². The molecule has 8 heteroatoms. The van der Waals surface area contributed by atoms with Crippen molar-refractivity contribution in [2.45, 2.75) is 15.5 Å². The molecule has 0 atom stereocenters. The van der Waals surface area contributed by atoms with Crippen LogP contribution in [0.4, 0.5) is 5.69 Å². The number of carbonyl (C=O) groups excluding carboxylic acids is 1. The van der Waals surface area contributed by atoms with Crippen LogP contribution in [0.15, 0.2) is 38.9 Å². The number of benzene rings is 1. The van der Waals surface area contributed by atoms with Gasteiger partial charge in [-0.2, -0.15) is 0 Å². The molecule has 0 saturated carbocycles. The molecule has 0 unspecified atom stereocenters. The molecule has 0 radical (unpaired) electrons. The predicted octanol–water partition coefficient (Wildman–Crippen LogP) is 4.62. The molecule has 0 aliphatic rings. The average molecular weight is 336 g/mol. The molecule has 1 aromatic carbocycles. The third-order valence-corrected chi connectivity index (χ3v) is 6.19. The lowest BCUT2D eigenvalue weighted by Gasteiger charge is -1.92. The second kappa shape index (κ2) is 5.55. The van der Waals surface area contributed by atoms with Gasteiger partial charge in [0.1, 0.15) is 4.21 Å². The topological polar surface area (TPSA) is 73.1 Å². The molecular formula is C13H8N2O3S3. The van der Waals surface area contributed by atoms with Crippen molar-refractivity contribution in [1.82, 2.24) is 4.98 Å². The van der Waals surface area contributed by atoms with Gasteiger partial charge >= 0.3 is 0 Å². The molecule has 2 heterocycles. The summed E-state index contributed by atoms with van der Waals surface area (Å²) in [5, 5.41) is 11.1. The minimum atomic E-state index is -0.460. The number of Topliss-reactive ketones (excluding diaryl/α,β-unsaturated/α-hetero) is 1. The van der Waals surface area contributed by atoms with Gasteiger partial charge in [-0.1, -0.05) is 12.1 Å². The Morgan fingerprint density at radius 3 is 2.76 bits per heavy atom. The fourth-order valence-electron chi connectivity index (χ4n) is 1.71. The van der Waals surface area contributed by atoms with E-state index in [1.54, 1.807) is 0 Å². The van der Waals surface area contributed by atoms with Gasteiger partial charge in [0.2, 0.25) is 0 Å².